The number of fused-ring (bicyclic) bond motifs is 1. The average molecular weight is 339 g/mol. The zero-order valence-electron chi connectivity index (χ0n) is 13.8. The van der Waals surface area contributed by atoms with Gasteiger partial charge in [0.1, 0.15) is 17.1 Å². The number of hydrogen-bond acceptors (Lipinski definition) is 5. The van der Waals surface area contributed by atoms with Crippen molar-refractivity contribution in [2.75, 3.05) is 11.9 Å². The lowest BCUT2D eigenvalue weighted by Crippen LogP contribution is -2.20. The van der Waals surface area contributed by atoms with Crippen LogP contribution in [0.5, 0.6) is 11.5 Å². The zero-order valence-corrected chi connectivity index (χ0v) is 13.8. The maximum Gasteiger partial charge on any atom is 0.336 e. The lowest BCUT2D eigenvalue weighted by molar-refractivity contribution is -0.118. The number of carbonyl (C=O) groups excluding carboxylic acids is 1. The highest BCUT2D eigenvalue weighted by Gasteiger charge is 2.09. The molecular weight excluding hydrogens is 322 g/mol. The van der Waals surface area contributed by atoms with Crippen LogP contribution in [0.25, 0.3) is 11.0 Å². The van der Waals surface area contributed by atoms with Gasteiger partial charge in [-0.15, -0.1) is 0 Å². The van der Waals surface area contributed by atoms with Crippen molar-refractivity contribution < 1.29 is 19.1 Å². The summed E-state index contributed by atoms with van der Waals surface area (Å²) >= 11 is 0. The van der Waals surface area contributed by atoms with Crippen LogP contribution in [0.4, 0.5) is 5.69 Å². The second-order valence-electron chi connectivity index (χ2n) is 5.76. The van der Waals surface area contributed by atoms with Crippen LogP contribution in [-0.2, 0) is 4.79 Å². The van der Waals surface area contributed by atoms with Gasteiger partial charge in [0.25, 0.3) is 5.91 Å². The third-order valence-electron chi connectivity index (χ3n) is 3.72. The number of amides is 1. The van der Waals surface area contributed by atoms with Crippen LogP contribution in [0.15, 0.2) is 51.7 Å². The molecule has 128 valence electrons. The van der Waals surface area contributed by atoms with E-state index in [1.165, 1.54) is 12.1 Å². The number of ether oxygens (including phenoxy) is 1. The minimum atomic E-state index is -0.435. The molecule has 3 aromatic rings. The molecule has 0 saturated carbocycles. The van der Waals surface area contributed by atoms with Crippen LogP contribution in [0.3, 0.4) is 0 Å². The molecule has 0 unspecified atom stereocenters. The van der Waals surface area contributed by atoms with E-state index in [9.17, 15) is 14.7 Å². The quantitative estimate of drug-likeness (QED) is 0.563. The van der Waals surface area contributed by atoms with E-state index in [-0.39, 0.29) is 12.4 Å². The number of anilines is 1. The molecule has 0 aliphatic carbocycles. The van der Waals surface area contributed by atoms with Gasteiger partial charge in [0.2, 0.25) is 0 Å². The summed E-state index contributed by atoms with van der Waals surface area (Å²) in [6.07, 6.45) is 0. The largest absolute Gasteiger partial charge is 0.506 e. The molecule has 0 saturated heterocycles. The molecule has 0 spiro atoms. The molecule has 1 amide bonds. The monoisotopic (exact) mass is 339 g/mol. The summed E-state index contributed by atoms with van der Waals surface area (Å²) in [7, 11) is 0. The molecule has 1 heterocycles. The Labute approximate surface area is 143 Å². The number of carbonyl (C=O) groups is 1. The highest BCUT2D eigenvalue weighted by Crippen LogP contribution is 2.24. The first-order chi connectivity index (χ1) is 11.9. The van der Waals surface area contributed by atoms with E-state index >= 15 is 0 Å². The van der Waals surface area contributed by atoms with Gasteiger partial charge in [-0.05, 0) is 49.2 Å². The third kappa shape index (κ3) is 3.80. The highest BCUT2D eigenvalue weighted by molar-refractivity contribution is 5.93. The minimum absolute atomic E-state index is 0.0121. The number of phenols is 1. The fourth-order valence-corrected chi connectivity index (χ4v) is 2.48. The van der Waals surface area contributed by atoms with E-state index in [2.05, 4.69) is 5.32 Å². The Morgan fingerprint density at radius 1 is 1.16 bits per heavy atom. The Balaban J connectivity index is 1.70. The van der Waals surface area contributed by atoms with Gasteiger partial charge in [-0.2, -0.15) is 0 Å². The van der Waals surface area contributed by atoms with Gasteiger partial charge >= 0.3 is 5.63 Å². The molecule has 0 aliphatic rings. The second-order valence-corrected chi connectivity index (χ2v) is 5.76. The standard InChI is InChI=1S/C19H17NO5/c1-11-3-6-16(21)15(7-11)20-18(22)10-24-13-4-5-14-12(2)8-19(23)25-17(14)9-13/h3-9,21H,10H2,1-2H3,(H,20,22). The van der Waals surface area contributed by atoms with Crippen LogP contribution in [0.2, 0.25) is 0 Å². The van der Waals surface area contributed by atoms with E-state index in [4.69, 9.17) is 9.15 Å². The second kappa shape index (κ2) is 6.68. The van der Waals surface area contributed by atoms with E-state index in [1.807, 2.05) is 13.8 Å². The Morgan fingerprint density at radius 2 is 1.96 bits per heavy atom. The first-order valence-electron chi connectivity index (χ1n) is 7.69. The predicted octanol–water partition coefficient (Wildman–Crippen LogP) is 3.13. The van der Waals surface area contributed by atoms with E-state index < -0.39 is 11.5 Å². The normalized spacial score (nSPS) is 10.6. The van der Waals surface area contributed by atoms with Gasteiger partial charge in [-0.1, -0.05) is 6.07 Å². The molecule has 2 N–H and O–H groups in total. The van der Waals surface area contributed by atoms with Crippen molar-refractivity contribution in [3.05, 3.63) is 64.0 Å². The van der Waals surface area contributed by atoms with Crippen molar-refractivity contribution >= 4 is 22.6 Å². The molecule has 0 aliphatic heterocycles. The first-order valence-corrected chi connectivity index (χ1v) is 7.69. The zero-order chi connectivity index (χ0) is 18.0. The number of phenolic OH excluding ortho intramolecular Hbond substituents is 1. The first kappa shape index (κ1) is 16.6. The van der Waals surface area contributed by atoms with Gasteiger partial charge in [0, 0.05) is 17.5 Å². The summed E-state index contributed by atoms with van der Waals surface area (Å²) in [6.45, 7) is 3.44. The fraction of sp³-hybridized carbons (Fsp3) is 0.158. The Morgan fingerprint density at radius 3 is 2.76 bits per heavy atom. The number of hydrogen-bond donors (Lipinski definition) is 2. The van der Waals surface area contributed by atoms with Crippen molar-refractivity contribution in [1.82, 2.24) is 0 Å². The Hall–Kier alpha value is -3.28. The summed E-state index contributed by atoms with van der Waals surface area (Å²) in [5.74, 6) is -0.0153. The van der Waals surface area contributed by atoms with Gasteiger partial charge in [-0.25, -0.2) is 4.79 Å². The van der Waals surface area contributed by atoms with Crippen LogP contribution in [0, 0.1) is 13.8 Å². The number of aromatic hydroxyl groups is 1. The summed E-state index contributed by atoms with van der Waals surface area (Å²) in [6, 6.07) is 11.4. The summed E-state index contributed by atoms with van der Waals surface area (Å²) in [5, 5.41) is 13.1. The van der Waals surface area contributed by atoms with Crippen molar-refractivity contribution in [3.8, 4) is 11.5 Å². The molecule has 1 aromatic heterocycles. The van der Waals surface area contributed by atoms with Crippen molar-refractivity contribution in [2.45, 2.75) is 13.8 Å². The highest BCUT2D eigenvalue weighted by atomic mass is 16.5. The predicted molar refractivity (Wildman–Crippen MR) is 94.2 cm³/mol. The lowest BCUT2D eigenvalue weighted by Gasteiger charge is -2.10. The Bertz CT molecular complexity index is 1010. The molecule has 0 bridgehead atoms. The molecule has 25 heavy (non-hydrogen) atoms. The molecule has 0 fully saturated rings. The van der Waals surface area contributed by atoms with Crippen molar-refractivity contribution in [3.63, 3.8) is 0 Å². The van der Waals surface area contributed by atoms with Gasteiger partial charge in [0.05, 0.1) is 5.69 Å². The topological polar surface area (TPSA) is 88.8 Å². The van der Waals surface area contributed by atoms with Gasteiger partial charge in [-0.3, -0.25) is 4.79 Å². The molecule has 0 radical (unpaired) electrons. The minimum Gasteiger partial charge on any atom is -0.506 e. The maximum absolute atomic E-state index is 12.0. The number of rotatable bonds is 4. The van der Waals surface area contributed by atoms with Gasteiger partial charge in [0.15, 0.2) is 6.61 Å². The molecule has 2 aromatic carbocycles. The fourth-order valence-electron chi connectivity index (χ4n) is 2.48. The molecule has 3 rings (SSSR count). The summed E-state index contributed by atoms with van der Waals surface area (Å²) in [4.78, 5) is 23.4. The van der Waals surface area contributed by atoms with Crippen LogP contribution in [0.1, 0.15) is 11.1 Å². The number of benzene rings is 2. The van der Waals surface area contributed by atoms with Crippen molar-refractivity contribution in [2.24, 2.45) is 0 Å². The molecular formula is C19H17NO5. The van der Waals surface area contributed by atoms with Crippen molar-refractivity contribution in [1.29, 1.82) is 0 Å². The van der Waals surface area contributed by atoms with E-state index in [0.717, 1.165) is 16.5 Å². The average Bonchev–Trinajstić information content (AvgIpc) is 2.56. The van der Waals surface area contributed by atoms with Crippen LogP contribution < -0.4 is 15.7 Å². The SMILES string of the molecule is Cc1ccc(O)c(NC(=O)COc2ccc3c(C)cc(=O)oc3c2)c1. The van der Waals surface area contributed by atoms with Gasteiger partial charge < -0.3 is 19.6 Å². The summed E-state index contributed by atoms with van der Waals surface area (Å²) < 4.78 is 10.6. The molecule has 6 nitrogen and oxygen atoms in total. The smallest absolute Gasteiger partial charge is 0.336 e. The summed E-state index contributed by atoms with van der Waals surface area (Å²) in [5.41, 5.74) is 2.02. The van der Waals surface area contributed by atoms with Crippen LogP contribution >= 0.6 is 0 Å². The van der Waals surface area contributed by atoms with Crippen LogP contribution in [-0.4, -0.2) is 17.6 Å². The van der Waals surface area contributed by atoms with E-state index in [1.54, 1.807) is 30.3 Å². The maximum atomic E-state index is 12.0. The lowest BCUT2D eigenvalue weighted by atomic mass is 10.1. The number of aryl methyl sites for hydroxylation is 2. The van der Waals surface area contributed by atoms with E-state index in [0.29, 0.717) is 17.0 Å². The third-order valence-corrected chi connectivity index (χ3v) is 3.72. The molecule has 6 heteroatoms. The number of nitrogens with one attached hydrogen (secondary N) is 1. The molecule has 0 atom stereocenters. The Kier molecular flexibility index (Phi) is 4.43.